The Morgan fingerprint density at radius 1 is 1.17 bits per heavy atom. The van der Waals surface area contributed by atoms with Crippen molar-refractivity contribution in [3.63, 3.8) is 0 Å². The van der Waals surface area contributed by atoms with Crippen molar-refractivity contribution in [3.8, 4) is 6.01 Å². The Morgan fingerprint density at radius 3 is 2.33 bits per heavy atom. The molecule has 1 N–H and O–H groups in total. The number of anilines is 1. The molecular formula is C13H13N3O2. The van der Waals surface area contributed by atoms with Gasteiger partial charge >= 0.3 is 6.01 Å². The minimum Gasteiger partial charge on any atom is -0.467 e. The third-order valence-corrected chi connectivity index (χ3v) is 2.38. The summed E-state index contributed by atoms with van der Waals surface area (Å²) in [5.74, 6) is -0.191. The van der Waals surface area contributed by atoms with Crippen LogP contribution in [0.15, 0.2) is 36.7 Å². The number of hydrogen-bond donors (Lipinski definition) is 1. The van der Waals surface area contributed by atoms with E-state index in [2.05, 4.69) is 15.3 Å². The molecule has 18 heavy (non-hydrogen) atoms. The normalized spacial score (nSPS) is 9.89. The molecule has 5 heteroatoms. The maximum Gasteiger partial charge on any atom is 0.316 e. The molecule has 0 fully saturated rings. The largest absolute Gasteiger partial charge is 0.467 e. The molecule has 0 atom stereocenters. The number of methoxy groups -OCH3 is 1. The minimum atomic E-state index is -0.191. The smallest absolute Gasteiger partial charge is 0.316 e. The van der Waals surface area contributed by atoms with E-state index in [1.54, 1.807) is 12.1 Å². The van der Waals surface area contributed by atoms with Crippen molar-refractivity contribution in [2.75, 3.05) is 12.4 Å². The fourth-order valence-electron chi connectivity index (χ4n) is 1.39. The Bertz CT molecular complexity index is 535. The standard InChI is InChI=1S/C13H13N3O2/c1-9-3-5-10(6-4-9)12(17)16-11-7-14-13(18-2)15-8-11/h3-8H,1-2H3,(H,16,17). The van der Waals surface area contributed by atoms with Gasteiger partial charge in [-0.25, -0.2) is 9.97 Å². The number of ether oxygens (including phenoxy) is 1. The third-order valence-electron chi connectivity index (χ3n) is 2.38. The van der Waals surface area contributed by atoms with E-state index in [1.165, 1.54) is 19.5 Å². The predicted octanol–water partition coefficient (Wildman–Crippen LogP) is 2.05. The molecule has 0 aliphatic heterocycles. The molecule has 5 nitrogen and oxygen atoms in total. The molecule has 2 rings (SSSR count). The number of nitrogens with zero attached hydrogens (tertiary/aromatic N) is 2. The summed E-state index contributed by atoms with van der Waals surface area (Å²) in [6, 6.07) is 7.59. The Hall–Kier alpha value is -2.43. The van der Waals surface area contributed by atoms with Gasteiger partial charge in [0.05, 0.1) is 25.2 Å². The van der Waals surface area contributed by atoms with Gasteiger partial charge < -0.3 is 10.1 Å². The van der Waals surface area contributed by atoms with Crippen LogP contribution >= 0.6 is 0 Å². The Balaban J connectivity index is 2.08. The molecule has 1 amide bonds. The number of amides is 1. The van der Waals surface area contributed by atoms with Crippen molar-refractivity contribution in [1.82, 2.24) is 9.97 Å². The number of hydrogen-bond acceptors (Lipinski definition) is 4. The molecule has 0 saturated carbocycles. The minimum absolute atomic E-state index is 0.191. The molecule has 1 aromatic heterocycles. The van der Waals surface area contributed by atoms with Crippen LogP contribution in [-0.4, -0.2) is 23.0 Å². The molecule has 2 aromatic rings. The van der Waals surface area contributed by atoms with Crippen molar-refractivity contribution >= 4 is 11.6 Å². The number of aromatic nitrogens is 2. The fraction of sp³-hybridized carbons (Fsp3) is 0.154. The quantitative estimate of drug-likeness (QED) is 0.896. The Morgan fingerprint density at radius 2 is 1.78 bits per heavy atom. The van der Waals surface area contributed by atoms with E-state index < -0.39 is 0 Å². The molecule has 0 spiro atoms. The van der Waals surface area contributed by atoms with Gasteiger partial charge in [0.1, 0.15) is 0 Å². The molecule has 1 aromatic carbocycles. The van der Waals surface area contributed by atoms with Crippen LogP contribution in [0.4, 0.5) is 5.69 Å². The van der Waals surface area contributed by atoms with Gasteiger partial charge in [-0.15, -0.1) is 0 Å². The number of carbonyl (C=O) groups is 1. The highest BCUT2D eigenvalue weighted by molar-refractivity contribution is 6.04. The zero-order valence-corrected chi connectivity index (χ0v) is 10.2. The van der Waals surface area contributed by atoms with Crippen molar-refractivity contribution in [2.24, 2.45) is 0 Å². The van der Waals surface area contributed by atoms with Crippen LogP contribution < -0.4 is 10.1 Å². The van der Waals surface area contributed by atoms with Crippen LogP contribution in [-0.2, 0) is 0 Å². The second-order valence-corrected chi connectivity index (χ2v) is 3.78. The molecule has 0 aliphatic carbocycles. The first-order valence-corrected chi connectivity index (χ1v) is 5.43. The third kappa shape index (κ3) is 2.82. The van der Waals surface area contributed by atoms with Gasteiger partial charge in [-0.1, -0.05) is 17.7 Å². The SMILES string of the molecule is COc1ncc(NC(=O)c2ccc(C)cc2)cn1. The molecule has 0 unspecified atom stereocenters. The predicted molar refractivity (Wildman–Crippen MR) is 67.7 cm³/mol. The van der Waals surface area contributed by atoms with E-state index in [9.17, 15) is 4.79 Å². The summed E-state index contributed by atoms with van der Waals surface area (Å²) in [5.41, 5.74) is 2.23. The van der Waals surface area contributed by atoms with Crippen molar-refractivity contribution < 1.29 is 9.53 Å². The number of carbonyl (C=O) groups excluding carboxylic acids is 1. The number of rotatable bonds is 3. The second-order valence-electron chi connectivity index (χ2n) is 3.78. The van der Waals surface area contributed by atoms with Crippen molar-refractivity contribution in [1.29, 1.82) is 0 Å². The average Bonchev–Trinajstić information content (AvgIpc) is 2.40. The van der Waals surface area contributed by atoms with Gasteiger partial charge in [0.15, 0.2) is 0 Å². The maximum atomic E-state index is 11.9. The first-order chi connectivity index (χ1) is 8.69. The summed E-state index contributed by atoms with van der Waals surface area (Å²) >= 11 is 0. The van der Waals surface area contributed by atoms with Crippen LogP contribution in [0.3, 0.4) is 0 Å². The van der Waals surface area contributed by atoms with E-state index in [0.717, 1.165) is 5.56 Å². The molecule has 92 valence electrons. The second kappa shape index (κ2) is 5.27. The lowest BCUT2D eigenvalue weighted by molar-refractivity contribution is 0.102. The highest BCUT2D eigenvalue weighted by Crippen LogP contribution is 2.10. The summed E-state index contributed by atoms with van der Waals surface area (Å²) in [5, 5.41) is 2.71. The Labute approximate surface area is 105 Å². The van der Waals surface area contributed by atoms with Crippen LogP contribution in [0, 0.1) is 6.92 Å². The summed E-state index contributed by atoms with van der Waals surface area (Å²) in [4.78, 5) is 19.7. The average molecular weight is 243 g/mol. The van der Waals surface area contributed by atoms with Crippen molar-refractivity contribution in [3.05, 3.63) is 47.8 Å². The number of benzene rings is 1. The van der Waals surface area contributed by atoms with E-state index >= 15 is 0 Å². The molecule has 0 radical (unpaired) electrons. The first kappa shape index (κ1) is 12.0. The van der Waals surface area contributed by atoms with Gasteiger partial charge in [-0.05, 0) is 19.1 Å². The Kier molecular flexibility index (Phi) is 3.52. The molecule has 0 saturated heterocycles. The lowest BCUT2D eigenvalue weighted by Gasteiger charge is -2.05. The van der Waals surface area contributed by atoms with Crippen LogP contribution in [0.1, 0.15) is 15.9 Å². The van der Waals surface area contributed by atoms with E-state index in [0.29, 0.717) is 11.3 Å². The van der Waals surface area contributed by atoms with E-state index in [-0.39, 0.29) is 11.9 Å². The lowest BCUT2D eigenvalue weighted by atomic mass is 10.1. The monoisotopic (exact) mass is 243 g/mol. The number of nitrogens with one attached hydrogen (secondary N) is 1. The summed E-state index contributed by atoms with van der Waals surface area (Å²) in [6.45, 7) is 1.97. The van der Waals surface area contributed by atoms with Gasteiger partial charge in [-0.2, -0.15) is 0 Å². The molecule has 1 heterocycles. The van der Waals surface area contributed by atoms with Crippen LogP contribution in [0.25, 0.3) is 0 Å². The van der Waals surface area contributed by atoms with E-state index in [1.807, 2.05) is 19.1 Å². The van der Waals surface area contributed by atoms with Gasteiger partial charge in [0, 0.05) is 5.56 Å². The summed E-state index contributed by atoms with van der Waals surface area (Å²) in [6.07, 6.45) is 3.00. The molecule has 0 aliphatic rings. The molecular weight excluding hydrogens is 230 g/mol. The van der Waals surface area contributed by atoms with Crippen LogP contribution in [0.5, 0.6) is 6.01 Å². The first-order valence-electron chi connectivity index (χ1n) is 5.43. The lowest BCUT2D eigenvalue weighted by Crippen LogP contribution is -2.12. The zero-order valence-electron chi connectivity index (χ0n) is 10.2. The highest BCUT2D eigenvalue weighted by atomic mass is 16.5. The molecule has 0 bridgehead atoms. The fourth-order valence-corrected chi connectivity index (χ4v) is 1.39. The van der Waals surface area contributed by atoms with Gasteiger partial charge in [-0.3, -0.25) is 4.79 Å². The van der Waals surface area contributed by atoms with Gasteiger partial charge in [0.2, 0.25) is 0 Å². The van der Waals surface area contributed by atoms with Crippen molar-refractivity contribution in [2.45, 2.75) is 6.92 Å². The van der Waals surface area contributed by atoms with E-state index in [4.69, 9.17) is 4.74 Å². The summed E-state index contributed by atoms with van der Waals surface area (Å²) < 4.78 is 4.84. The number of aryl methyl sites for hydroxylation is 1. The topological polar surface area (TPSA) is 64.1 Å². The van der Waals surface area contributed by atoms with Gasteiger partial charge in [0.25, 0.3) is 5.91 Å². The maximum absolute atomic E-state index is 11.9. The summed E-state index contributed by atoms with van der Waals surface area (Å²) in [7, 11) is 1.49. The zero-order chi connectivity index (χ0) is 13.0. The van der Waals surface area contributed by atoms with Crippen LogP contribution in [0.2, 0.25) is 0 Å². The highest BCUT2D eigenvalue weighted by Gasteiger charge is 2.06.